The summed E-state index contributed by atoms with van der Waals surface area (Å²) in [5, 5.41) is 2.46. The highest BCUT2D eigenvalue weighted by Crippen LogP contribution is 2.35. The van der Waals surface area contributed by atoms with Crippen LogP contribution in [0.2, 0.25) is 5.02 Å². The van der Waals surface area contributed by atoms with Gasteiger partial charge in [-0.05, 0) is 49.6 Å². The van der Waals surface area contributed by atoms with Gasteiger partial charge < -0.3 is 19.9 Å². The molecule has 1 unspecified atom stereocenters. The third-order valence-corrected chi connectivity index (χ3v) is 6.04. The quantitative estimate of drug-likeness (QED) is 0.694. The summed E-state index contributed by atoms with van der Waals surface area (Å²) >= 11 is 6.00. The number of piperidine rings is 1. The van der Waals surface area contributed by atoms with Crippen molar-refractivity contribution in [2.24, 2.45) is 0 Å². The Morgan fingerprint density at radius 1 is 1.09 bits per heavy atom. The zero-order valence-corrected chi connectivity index (χ0v) is 18.5. The van der Waals surface area contributed by atoms with Crippen LogP contribution in [0, 0.1) is 0 Å². The second-order valence-corrected chi connectivity index (χ2v) is 8.49. The standard InChI is InChI=1S/C23H23ClF3N3O3/c24-16-9-8-15(23(25,26)27)12-17(16)28-21(31)14-30-13-20(22(32)29-10-4-1-5-11-29)33-19-7-3-2-6-18(19)30/h2-3,6-9,12,20H,1,4-5,10-11,13-14H2,(H,28,31). The number of para-hydroxylation sites is 2. The number of nitrogens with zero attached hydrogens (tertiary/aromatic N) is 2. The van der Waals surface area contributed by atoms with Crippen molar-refractivity contribution in [3.8, 4) is 5.75 Å². The fourth-order valence-corrected chi connectivity index (χ4v) is 4.23. The number of benzene rings is 2. The molecule has 0 aromatic heterocycles. The number of fused-ring (bicyclic) bond motifs is 1. The van der Waals surface area contributed by atoms with Gasteiger partial charge in [0.1, 0.15) is 5.75 Å². The molecule has 2 heterocycles. The molecule has 1 fully saturated rings. The average Bonchev–Trinajstić information content (AvgIpc) is 2.79. The van der Waals surface area contributed by atoms with Crippen molar-refractivity contribution in [2.45, 2.75) is 31.5 Å². The Bertz CT molecular complexity index is 1040. The van der Waals surface area contributed by atoms with E-state index >= 15 is 0 Å². The molecule has 2 amide bonds. The Kier molecular flexibility index (Phi) is 6.69. The maximum atomic E-state index is 13.0. The zero-order chi connectivity index (χ0) is 23.6. The van der Waals surface area contributed by atoms with Gasteiger partial charge in [-0.15, -0.1) is 0 Å². The molecule has 0 radical (unpaired) electrons. The van der Waals surface area contributed by atoms with Gasteiger partial charge in [0.2, 0.25) is 5.91 Å². The van der Waals surface area contributed by atoms with E-state index in [1.165, 1.54) is 0 Å². The summed E-state index contributed by atoms with van der Waals surface area (Å²) in [5.41, 5.74) is -0.407. The van der Waals surface area contributed by atoms with E-state index in [1.807, 2.05) is 0 Å². The molecule has 1 saturated heterocycles. The molecule has 0 bridgehead atoms. The number of amides is 2. The number of nitrogens with one attached hydrogen (secondary N) is 1. The summed E-state index contributed by atoms with van der Waals surface area (Å²) in [7, 11) is 0. The van der Waals surface area contributed by atoms with E-state index in [0.717, 1.165) is 37.5 Å². The molecule has 0 aliphatic carbocycles. The third kappa shape index (κ3) is 5.35. The SMILES string of the molecule is O=C(CN1CC(C(=O)N2CCCCC2)Oc2ccccc21)Nc1cc(C(F)(F)F)ccc1Cl. The minimum absolute atomic E-state index is 0.00289. The number of alkyl halides is 3. The van der Waals surface area contributed by atoms with Crippen molar-refractivity contribution in [2.75, 3.05) is 36.4 Å². The van der Waals surface area contributed by atoms with Crippen molar-refractivity contribution in [1.82, 2.24) is 4.90 Å². The number of likely N-dealkylation sites (tertiary alicyclic amines) is 1. The predicted molar refractivity (Wildman–Crippen MR) is 119 cm³/mol. The topological polar surface area (TPSA) is 61.9 Å². The Labute approximate surface area is 194 Å². The lowest BCUT2D eigenvalue weighted by Crippen LogP contribution is -2.52. The Balaban J connectivity index is 1.50. The molecule has 0 saturated carbocycles. The smallest absolute Gasteiger partial charge is 0.416 e. The molecule has 1 N–H and O–H groups in total. The monoisotopic (exact) mass is 481 g/mol. The number of ether oxygens (including phenoxy) is 1. The van der Waals surface area contributed by atoms with E-state index in [0.29, 0.717) is 24.5 Å². The highest BCUT2D eigenvalue weighted by atomic mass is 35.5. The lowest BCUT2D eigenvalue weighted by Gasteiger charge is -2.38. The van der Waals surface area contributed by atoms with Crippen LogP contribution in [0.1, 0.15) is 24.8 Å². The molecule has 1 atom stereocenters. The molecule has 176 valence electrons. The summed E-state index contributed by atoms with van der Waals surface area (Å²) in [4.78, 5) is 29.2. The molecule has 2 aliphatic heterocycles. The lowest BCUT2D eigenvalue weighted by molar-refractivity contribution is -0.139. The van der Waals surface area contributed by atoms with Gasteiger partial charge in [-0.25, -0.2) is 0 Å². The maximum absolute atomic E-state index is 13.0. The lowest BCUT2D eigenvalue weighted by atomic mass is 10.1. The van der Waals surface area contributed by atoms with Crippen LogP contribution in [0.25, 0.3) is 0 Å². The molecular weight excluding hydrogens is 459 g/mol. The second kappa shape index (κ2) is 9.51. The van der Waals surface area contributed by atoms with Crippen LogP contribution in [0.5, 0.6) is 5.75 Å². The van der Waals surface area contributed by atoms with Gasteiger partial charge >= 0.3 is 6.18 Å². The van der Waals surface area contributed by atoms with Crippen molar-refractivity contribution in [1.29, 1.82) is 0 Å². The van der Waals surface area contributed by atoms with Crippen molar-refractivity contribution in [3.05, 3.63) is 53.1 Å². The minimum Gasteiger partial charge on any atom is -0.477 e. The third-order valence-electron chi connectivity index (χ3n) is 5.71. The van der Waals surface area contributed by atoms with Crippen LogP contribution in [0.15, 0.2) is 42.5 Å². The van der Waals surface area contributed by atoms with Crippen molar-refractivity contribution in [3.63, 3.8) is 0 Å². The Morgan fingerprint density at radius 3 is 2.55 bits per heavy atom. The van der Waals surface area contributed by atoms with Gasteiger partial charge in [0.25, 0.3) is 5.91 Å². The fourth-order valence-electron chi connectivity index (χ4n) is 4.06. The van der Waals surface area contributed by atoms with Crippen LogP contribution >= 0.6 is 11.6 Å². The number of hydrogen-bond acceptors (Lipinski definition) is 4. The van der Waals surface area contributed by atoms with Gasteiger partial charge in [-0.3, -0.25) is 9.59 Å². The summed E-state index contributed by atoms with van der Waals surface area (Å²) in [5.74, 6) is -0.211. The van der Waals surface area contributed by atoms with E-state index in [9.17, 15) is 22.8 Å². The molecule has 6 nitrogen and oxygen atoms in total. The number of halogens is 4. The molecule has 33 heavy (non-hydrogen) atoms. The zero-order valence-electron chi connectivity index (χ0n) is 17.7. The second-order valence-electron chi connectivity index (χ2n) is 8.08. The van der Waals surface area contributed by atoms with E-state index < -0.39 is 23.8 Å². The van der Waals surface area contributed by atoms with Gasteiger partial charge in [0.05, 0.1) is 35.1 Å². The van der Waals surface area contributed by atoms with Crippen LogP contribution in [0.4, 0.5) is 24.5 Å². The van der Waals surface area contributed by atoms with Crippen molar-refractivity contribution < 1.29 is 27.5 Å². The molecule has 4 rings (SSSR count). The van der Waals surface area contributed by atoms with Crippen LogP contribution in [0.3, 0.4) is 0 Å². The number of carbonyl (C=O) groups is 2. The van der Waals surface area contributed by atoms with Crippen LogP contribution in [-0.2, 0) is 15.8 Å². The maximum Gasteiger partial charge on any atom is 0.416 e. The first-order valence-corrected chi connectivity index (χ1v) is 11.1. The normalized spacial score (nSPS) is 18.4. The average molecular weight is 482 g/mol. The molecule has 2 aliphatic rings. The summed E-state index contributed by atoms with van der Waals surface area (Å²) < 4.78 is 45.0. The van der Waals surface area contributed by atoms with E-state index in [1.54, 1.807) is 34.1 Å². The van der Waals surface area contributed by atoms with Crippen molar-refractivity contribution >= 4 is 34.8 Å². The molecular formula is C23H23ClF3N3O3. The van der Waals surface area contributed by atoms with E-state index in [-0.39, 0.29) is 29.7 Å². The Hall–Kier alpha value is -2.94. The minimum atomic E-state index is -4.56. The van der Waals surface area contributed by atoms with Crippen LogP contribution < -0.4 is 15.0 Å². The Morgan fingerprint density at radius 2 is 1.82 bits per heavy atom. The first-order chi connectivity index (χ1) is 15.7. The van der Waals surface area contributed by atoms with Gasteiger partial charge in [-0.2, -0.15) is 13.2 Å². The van der Waals surface area contributed by atoms with Gasteiger partial charge in [0, 0.05) is 13.1 Å². The number of rotatable bonds is 4. The van der Waals surface area contributed by atoms with Crippen LogP contribution in [-0.4, -0.2) is 49.0 Å². The van der Waals surface area contributed by atoms with E-state index in [4.69, 9.17) is 16.3 Å². The first kappa shape index (κ1) is 23.2. The number of anilines is 2. The molecule has 10 heteroatoms. The number of hydrogen-bond donors (Lipinski definition) is 1. The largest absolute Gasteiger partial charge is 0.477 e. The first-order valence-electron chi connectivity index (χ1n) is 10.7. The van der Waals surface area contributed by atoms with Gasteiger partial charge in [0.15, 0.2) is 6.10 Å². The molecule has 2 aromatic rings. The summed E-state index contributed by atoms with van der Waals surface area (Å²) in [6.45, 7) is 1.32. The van der Waals surface area contributed by atoms with Gasteiger partial charge in [-0.1, -0.05) is 23.7 Å². The fraction of sp³-hybridized carbons (Fsp3) is 0.391. The highest BCUT2D eigenvalue weighted by molar-refractivity contribution is 6.33. The predicted octanol–water partition coefficient (Wildman–Crippen LogP) is 4.58. The number of carbonyl (C=O) groups excluding carboxylic acids is 2. The summed E-state index contributed by atoms with van der Waals surface area (Å²) in [6, 6.07) is 9.79. The van der Waals surface area contributed by atoms with E-state index in [2.05, 4.69) is 5.32 Å². The summed E-state index contributed by atoms with van der Waals surface area (Å²) in [6.07, 6.45) is -2.36. The highest BCUT2D eigenvalue weighted by Gasteiger charge is 2.35. The molecule has 0 spiro atoms. The molecule has 2 aromatic carbocycles.